The molecular weight excluding hydrogens is 319 g/mol. The molecule has 2 rings (SSSR count). The smallest absolute Gasteiger partial charge is 0.279 e. The van der Waals surface area contributed by atoms with Crippen LogP contribution in [0.25, 0.3) is 0 Å². The molecule has 0 fully saturated rings. The van der Waals surface area contributed by atoms with E-state index in [-0.39, 0.29) is 5.91 Å². The van der Waals surface area contributed by atoms with Crippen molar-refractivity contribution in [1.82, 2.24) is 0 Å². The monoisotopic (exact) mass is 337 g/mol. The standard InChI is InChI=1S/C17H18Cl2N2O/c1-12-6-7-15(19)9-16(12)20-17(22)11-21(2)10-13-4-3-5-14(18)8-13/h3-9H,10-11H2,1-2H3,(H,20,22)/p+1. The third-order valence-corrected chi connectivity index (χ3v) is 3.80. The molecule has 22 heavy (non-hydrogen) atoms. The first-order chi connectivity index (χ1) is 10.4. The van der Waals surface area contributed by atoms with Gasteiger partial charge >= 0.3 is 0 Å². The maximum atomic E-state index is 12.1. The summed E-state index contributed by atoms with van der Waals surface area (Å²) in [6.45, 7) is 3.05. The fourth-order valence-corrected chi connectivity index (χ4v) is 2.64. The molecule has 0 saturated heterocycles. The number of halogens is 2. The van der Waals surface area contributed by atoms with Crippen LogP contribution in [0.2, 0.25) is 10.0 Å². The summed E-state index contributed by atoms with van der Waals surface area (Å²) < 4.78 is 0. The van der Waals surface area contributed by atoms with E-state index in [4.69, 9.17) is 23.2 Å². The summed E-state index contributed by atoms with van der Waals surface area (Å²) in [4.78, 5) is 13.2. The van der Waals surface area contributed by atoms with E-state index in [9.17, 15) is 4.79 Å². The SMILES string of the molecule is Cc1ccc(Cl)cc1NC(=O)C[NH+](C)Cc1cccc(Cl)c1. The lowest BCUT2D eigenvalue weighted by atomic mass is 10.2. The van der Waals surface area contributed by atoms with Crippen LogP contribution in [0.15, 0.2) is 42.5 Å². The number of anilines is 1. The Balaban J connectivity index is 1.92. The molecular formula is C17H19Cl2N2O+. The van der Waals surface area contributed by atoms with Gasteiger partial charge in [0.15, 0.2) is 6.54 Å². The highest BCUT2D eigenvalue weighted by Gasteiger charge is 2.12. The lowest BCUT2D eigenvalue weighted by molar-refractivity contribution is -0.885. The minimum Gasteiger partial charge on any atom is -0.326 e. The fraction of sp³-hybridized carbons (Fsp3) is 0.235. The first kappa shape index (κ1) is 16.8. The Morgan fingerprint density at radius 2 is 1.86 bits per heavy atom. The van der Waals surface area contributed by atoms with E-state index < -0.39 is 0 Å². The maximum absolute atomic E-state index is 12.1. The number of benzene rings is 2. The van der Waals surface area contributed by atoms with E-state index in [2.05, 4.69) is 5.32 Å². The predicted octanol–water partition coefficient (Wildman–Crippen LogP) is 2.96. The number of quaternary nitrogens is 1. The summed E-state index contributed by atoms with van der Waals surface area (Å²) >= 11 is 11.9. The lowest BCUT2D eigenvalue weighted by Gasteiger charge is -2.15. The molecule has 0 heterocycles. The largest absolute Gasteiger partial charge is 0.326 e. The minimum absolute atomic E-state index is 0.0371. The number of aryl methyl sites for hydroxylation is 1. The summed E-state index contributed by atoms with van der Waals surface area (Å²) in [5.41, 5.74) is 2.86. The van der Waals surface area contributed by atoms with Gasteiger partial charge in [0.25, 0.3) is 5.91 Å². The van der Waals surface area contributed by atoms with Gasteiger partial charge in [0, 0.05) is 21.3 Å². The Morgan fingerprint density at radius 1 is 1.14 bits per heavy atom. The number of hydrogen-bond donors (Lipinski definition) is 2. The average Bonchev–Trinajstić information content (AvgIpc) is 2.42. The highest BCUT2D eigenvalue weighted by molar-refractivity contribution is 6.31. The molecule has 0 spiro atoms. The van der Waals surface area contributed by atoms with Gasteiger partial charge in [0.05, 0.1) is 7.05 Å². The average molecular weight is 338 g/mol. The van der Waals surface area contributed by atoms with Crippen molar-refractivity contribution in [3.63, 3.8) is 0 Å². The highest BCUT2D eigenvalue weighted by Crippen LogP contribution is 2.19. The molecule has 0 radical (unpaired) electrons. The van der Waals surface area contributed by atoms with Crippen molar-refractivity contribution in [2.75, 3.05) is 18.9 Å². The molecule has 0 aliphatic rings. The van der Waals surface area contributed by atoms with Crippen LogP contribution in [-0.4, -0.2) is 19.5 Å². The van der Waals surface area contributed by atoms with Gasteiger partial charge in [-0.1, -0.05) is 41.4 Å². The fourth-order valence-electron chi connectivity index (χ4n) is 2.26. The van der Waals surface area contributed by atoms with Crippen molar-refractivity contribution in [3.05, 3.63) is 63.6 Å². The number of likely N-dealkylation sites (N-methyl/N-ethyl adjacent to an activating group) is 1. The summed E-state index contributed by atoms with van der Waals surface area (Å²) in [7, 11) is 1.98. The van der Waals surface area contributed by atoms with Crippen molar-refractivity contribution in [2.24, 2.45) is 0 Å². The number of nitrogens with one attached hydrogen (secondary N) is 2. The van der Waals surface area contributed by atoms with Crippen LogP contribution in [0.3, 0.4) is 0 Å². The normalized spacial score (nSPS) is 12.0. The van der Waals surface area contributed by atoms with Crippen LogP contribution in [0.1, 0.15) is 11.1 Å². The van der Waals surface area contributed by atoms with Crippen LogP contribution in [0, 0.1) is 6.92 Å². The summed E-state index contributed by atoms with van der Waals surface area (Å²) in [6.07, 6.45) is 0. The second-order valence-electron chi connectivity index (χ2n) is 5.45. The molecule has 0 bridgehead atoms. The van der Waals surface area contributed by atoms with Gasteiger partial charge in [0.1, 0.15) is 6.54 Å². The third-order valence-electron chi connectivity index (χ3n) is 3.33. The zero-order chi connectivity index (χ0) is 16.1. The Bertz CT molecular complexity index is 673. The zero-order valence-corrected chi connectivity index (χ0v) is 14.1. The number of rotatable bonds is 5. The van der Waals surface area contributed by atoms with Crippen molar-refractivity contribution in [1.29, 1.82) is 0 Å². The molecule has 0 saturated carbocycles. The van der Waals surface area contributed by atoms with Crippen molar-refractivity contribution in [3.8, 4) is 0 Å². The molecule has 0 aromatic heterocycles. The molecule has 2 N–H and O–H groups in total. The van der Waals surface area contributed by atoms with Crippen molar-refractivity contribution < 1.29 is 9.69 Å². The molecule has 2 aromatic carbocycles. The van der Waals surface area contributed by atoms with Crippen molar-refractivity contribution >= 4 is 34.8 Å². The molecule has 2 aromatic rings. The Morgan fingerprint density at radius 3 is 2.59 bits per heavy atom. The number of hydrogen-bond acceptors (Lipinski definition) is 1. The van der Waals surface area contributed by atoms with E-state index in [1.807, 2.05) is 50.4 Å². The van der Waals surface area contributed by atoms with Crippen LogP contribution in [0.5, 0.6) is 0 Å². The van der Waals surface area contributed by atoms with Gasteiger partial charge < -0.3 is 10.2 Å². The molecule has 3 nitrogen and oxygen atoms in total. The minimum atomic E-state index is -0.0371. The molecule has 0 aliphatic carbocycles. The molecule has 1 unspecified atom stereocenters. The van der Waals surface area contributed by atoms with Crippen LogP contribution in [-0.2, 0) is 11.3 Å². The molecule has 5 heteroatoms. The first-order valence-corrected chi connectivity index (χ1v) is 7.81. The van der Waals surface area contributed by atoms with E-state index >= 15 is 0 Å². The number of carbonyl (C=O) groups excluding carboxylic acids is 1. The van der Waals surface area contributed by atoms with E-state index in [0.29, 0.717) is 16.6 Å². The van der Waals surface area contributed by atoms with Crippen LogP contribution in [0.4, 0.5) is 5.69 Å². The van der Waals surface area contributed by atoms with E-state index in [1.54, 1.807) is 6.07 Å². The Labute approximate surface area is 140 Å². The third kappa shape index (κ3) is 5.02. The van der Waals surface area contributed by atoms with Gasteiger partial charge in [-0.05, 0) is 36.8 Å². The second kappa shape index (κ2) is 7.63. The Hall–Kier alpha value is -1.55. The van der Waals surface area contributed by atoms with E-state index in [1.165, 1.54) is 0 Å². The maximum Gasteiger partial charge on any atom is 0.279 e. The van der Waals surface area contributed by atoms with Gasteiger partial charge in [0.2, 0.25) is 0 Å². The van der Waals surface area contributed by atoms with Gasteiger partial charge in [-0.2, -0.15) is 0 Å². The molecule has 0 aliphatic heterocycles. The summed E-state index contributed by atoms with van der Waals surface area (Å²) in [5, 5.41) is 4.23. The van der Waals surface area contributed by atoms with Gasteiger partial charge in [-0.3, -0.25) is 4.79 Å². The van der Waals surface area contributed by atoms with Crippen LogP contribution >= 0.6 is 23.2 Å². The molecule has 1 amide bonds. The van der Waals surface area contributed by atoms with E-state index in [0.717, 1.165) is 28.3 Å². The number of amides is 1. The lowest BCUT2D eigenvalue weighted by Crippen LogP contribution is -3.08. The highest BCUT2D eigenvalue weighted by atomic mass is 35.5. The molecule has 116 valence electrons. The molecule has 1 atom stereocenters. The topological polar surface area (TPSA) is 33.5 Å². The quantitative estimate of drug-likeness (QED) is 0.864. The first-order valence-electron chi connectivity index (χ1n) is 7.06. The Kier molecular flexibility index (Phi) is 5.83. The van der Waals surface area contributed by atoms with Gasteiger partial charge in [-0.15, -0.1) is 0 Å². The summed E-state index contributed by atoms with van der Waals surface area (Å²) in [5.74, 6) is -0.0371. The number of carbonyl (C=O) groups is 1. The van der Waals surface area contributed by atoms with Gasteiger partial charge in [-0.25, -0.2) is 0 Å². The summed E-state index contributed by atoms with van der Waals surface area (Å²) in [6, 6.07) is 13.2. The van der Waals surface area contributed by atoms with Crippen LogP contribution < -0.4 is 10.2 Å². The van der Waals surface area contributed by atoms with Crippen molar-refractivity contribution in [2.45, 2.75) is 13.5 Å². The second-order valence-corrected chi connectivity index (χ2v) is 6.32. The predicted molar refractivity (Wildman–Crippen MR) is 91.7 cm³/mol. The zero-order valence-electron chi connectivity index (χ0n) is 12.6.